The lowest BCUT2D eigenvalue weighted by molar-refractivity contribution is 1.18. The smallest absolute Gasteiger partial charge is 0.111 e. The maximum atomic E-state index is 2.46. The number of para-hydroxylation sites is 3. The molecule has 4 aromatic carbocycles. The van der Waals surface area contributed by atoms with Gasteiger partial charge in [-0.05, 0) is 36.4 Å². The number of thiophene rings is 1. The Morgan fingerprint density at radius 1 is 0.484 bits per heavy atom. The Hall–Kier alpha value is -3.82. The summed E-state index contributed by atoms with van der Waals surface area (Å²) in [6.45, 7) is 0. The molecular weight excluding hydrogens is 396 g/mol. The van der Waals surface area contributed by atoms with Gasteiger partial charge in [0, 0.05) is 32.2 Å². The van der Waals surface area contributed by atoms with Gasteiger partial charge in [0.1, 0.15) is 4.83 Å². The second-order valence-electron chi connectivity index (χ2n) is 7.83. The van der Waals surface area contributed by atoms with Crippen LogP contribution in [0.15, 0.2) is 109 Å². The Bertz CT molecular complexity index is 1720. The van der Waals surface area contributed by atoms with Gasteiger partial charge < -0.3 is 4.57 Å². The number of rotatable bonds is 2. The first kappa shape index (κ1) is 16.9. The van der Waals surface area contributed by atoms with Gasteiger partial charge in [-0.1, -0.05) is 72.8 Å². The topological polar surface area (TPSA) is 9.86 Å². The standard InChI is InChI=1S/C28H18N2S/c1-3-11-19(12-4-1)29-23-17-9-7-15-21(23)26-27(29)25-22-16-8-10-18-24(22)31-28(25)30(26)20-13-5-2-6-14-20/h1-18H. The van der Waals surface area contributed by atoms with Crippen molar-refractivity contribution in [1.29, 1.82) is 0 Å². The molecule has 3 heterocycles. The van der Waals surface area contributed by atoms with Crippen LogP contribution < -0.4 is 0 Å². The fourth-order valence-electron chi connectivity index (χ4n) is 4.87. The summed E-state index contributed by atoms with van der Waals surface area (Å²) in [5.41, 5.74) is 6.18. The normalized spacial score (nSPS) is 11.9. The van der Waals surface area contributed by atoms with Crippen LogP contribution in [0, 0.1) is 0 Å². The highest BCUT2D eigenvalue weighted by molar-refractivity contribution is 7.25. The first-order chi connectivity index (χ1) is 15.4. The molecule has 0 fully saturated rings. The predicted molar refractivity (Wildman–Crippen MR) is 133 cm³/mol. The lowest BCUT2D eigenvalue weighted by atomic mass is 10.2. The molecule has 0 saturated heterocycles. The minimum Gasteiger partial charge on any atom is -0.307 e. The van der Waals surface area contributed by atoms with Crippen molar-refractivity contribution in [2.45, 2.75) is 0 Å². The predicted octanol–water partition coefficient (Wildman–Crippen LogP) is 7.94. The molecule has 2 nitrogen and oxygen atoms in total. The zero-order valence-corrected chi connectivity index (χ0v) is 17.5. The number of aromatic nitrogens is 2. The number of benzene rings is 4. The molecule has 0 aliphatic carbocycles. The van der Waals surface area contributed by atoms with E-state index >= 15 is 0 Å². The van der Waals surface area contributed by atoms with E-state index in [1.807, 2.05) is 11.3 Å². The third kappa shape index (κ3) is 2.27. The Balaban J connectivity index is 1.82. The van der Waals surface area contributed by atoms with E-state index in [1.54, 1.807) is 0 Å². The van der Waals surface area contributed by atoms with Crippen LogP contribution in [0.3, 0.4) is 0 Å². The number of nitrogens with zero attached hydrogens (tertiary/aromatic N) is 2. The molecule has 0 amide bonds. The molecule has 0 saturated carbocycles. The molecule has 31 heavy (non-hydrogen) atoms. The maximum Gasteiger partial charge on any atom is 0.111 e. The highest BCUT2D eigenvalue weighted by Crippen LogP contribution is 2.46. The van der Waals surface area contributed by atoms with E-state index in [0.717, 1.165) is 0 Å². The van der Waals surface area contributed by atoms with Crippen molar-refractivity contribution < 1.29 is 0 Å². The van der Waals surface area contributed by atoms with Crippen molar-refractivity contribution in [1.82, 2.24) is 9.13 Å². The molecule has 0 radical (unpaired) electrons. The summed E-state index contributed by atoms with van der Waals surface area (Å²) < 4.78 is 6.21. The highest BCUT2D eigenvalue weighted by atomic mass is 32.1. The van der Waals surface area contributed by atoms with Crippen LogP contribution in [0.4, 0.5) is 0 Å². The van der Waals surface area contributed by atoms with E-state index in [9.17, 15) is 0 Å². The van der Waals surface area contributed by atoms with E-state index in [4.69, 9.17) is 0 Å². The van der Waals surface area contributed by atoms with Crippen molar-refractivity contribution in [2.24, 2.45) is 0 Å². The van der Waals surface area contributed by atoms with Gasteiger partial charge in [-0.3, -0.25) is 4.57 Å². The van der Waals surface area contributed by atoms with Crippen molar-refractivity contribution in [3.8, 4) is 11.4 Å². The molecule has 3 aromatic heterocycles. The van der Waals surface area contributed by atoms with Gasteiger partial charge in [-0.25, -0.2) is 0 Å². The van der Waals surface area contributed by atoms with E-state index < -0.39 is 0 Å². The minimum absolute atomic E-state index is 1.19. The van der Waals surface area contributed by atoms with Crippen LogP contribution in [-0.4, -0.2) is 9.13 Å². The average Bonchev–Trinajstić information content (AvgIpc) is 3.46. The summed E-state index contributed by atoms with van der Waals surface area (Å²) >= 11 is 1.88. The first-order valence-corrected chi connectivity index (χ1v) is 11.3. The molecule has 7 rings (SSSR count). The highest BCUT2D eigenvalue weighted by Gasteiger charge is 2.24. The number of hydrogen-bond donors (Lipinski definition) is 0. The monoisotopic (exact) mass is 414 g/mol. The lowest BCUT2D eigenvalue weighted by Crippen LogP contribution is -1.92. The van der Waals surface area contributed by atoms with E-state index in [1.165, 1.54) is 53.6 Å². The van der Waals surface area contributed by atoms with Crippen LogP contribution in [0.2, 0.25) is 0 Å². The molecule has 0 aliphatic heterocycles. The molecule has 3 heteroatoms. The molecule has 146 valence electrons. The molecular formula is C28H18N2S. The number of fused-ring (bicyclic) bond motifs is 7. The molecule has 0 atom stereocenters. The van der Waals surface area contributed by atoms with E-state index in [-0.39, 0.29) is 0 Å². The van der Waals surface area contributed by atoms with Crippen LogP contribution in [0.1, 0.15) is 0 Å². The van der Waals surface area contributed by atoms with Crippen LogP contribution in [0.5, 0.6) is 0 Å². The van der Waals surface area contributed by atoms with Crippen LogP contribution >= 0.6 is 11.3 Å². The quantitative estimate of drug-likeness (QED) is 0.272. The minimum atomic E-state index is 1.19. The molecule has 0 spiro atoms. The van der Waals surface area contributed by atoms with Gasteiger partial charge in [0.05, 0.1) is 16.6 Å². The molecule has 0 bridgehead atoms. The second-order valence-corrected chi connectivity index (χ2v) is 8.87. The van der Waals surface area contributed by atoms with Crippen molar-refractivity contribution >= 4 is 53.6 Å². The molecule has 0 N–H and O–H groups in total. The molecule has 7 aromatic rings. The average molecular weight is 415 g/mol. The second kappa shape index (κ2) is 6.34. The third-order valence-electron chi connectivity index (χ3n) is 6.12. The van der Waals surface area contributed by atoms with Crippen molar-refractivity contribution in [3.05, 3.63) is 109 Å². The van der Waals surface area contributed by atoms with Gasteiger partial charge in [0.2, 0.25) is 0 Å². The number of hydrogen-bond acceptors (Lipinski definition) is 1. The van der Waals surface area contributed by atoms with Gasteiger partial charge in [-0.15, -0.1) is 11.3 Å². The fourth-order valence-corrected chi connectivity index (χ4v) is 6.10. The van der Waals surface area contributed by atoms with E-state index in [0.29, 0.717) is 0 Å². The Labute approximate surface area is 183 Å². The summed E-state index contributed by atoms with van der Waals surface area (Å²) in [6.07, 6.45) is 0. The first-order valence-electron chi connectivity index (χ1n) is 10.5. The van der Waals surface area contributed by atoms with Gasteiger partial charge in [0.15, 0.2) is 0 Å². The lowest BCUT2D eigenvalue weighted by Gasteiger charge is -2.07. The fraction of sp³-hybridized carbons (Fsp3) is 0. The van der Waals surface area contributed by atoms with Gasteiger partial charge in [-0.2, -0.15) is 0 Å². The third-order valence-corrected chi connectivity index (χ3v) is 7.27. The Morgan fingerprint density at radius 3 is 1.81 bits per heavy atom. The zero-order chi connectivity index (χ0) is 20.4. The van der Waals surface area contributed by atoms with Crippen molar-refractivity contribution in [3.63, 3.8) is 0 Å². The van der Waals surface area contributed by atoms with Gasteiger partial charge >= 0.3 is 0 Å². The largest absolute Gasteiger partial charge is 0.307 e. The summed E-state index contributed by atoms with van der Waals surface area (Å²) in [4.78, 5) is 1.30. The molecule has 0 unspecified atom stereocenters. The zero-order valence-electron chi connectivity index (χ0n) is 16.7. The Morgan fingerprint density at radius 2 is 1.06 bits per heavy atom. The van der Waals surface area contributed by atoms with Crippen LogP contribution in [-0.2, 0) is 0 Å². The summed E-state index contributed by atoms with van der Waals surface area (Å²) in [6, 6.07) is 39.0. The SMILES string of the molecule is c1ccc(-n2c3ccccc3c3c2c2c4ccccc4sc2n3-c2ccccc2)cc1. The Kier molecular flexibility index (Phi) is 3.46. The van der Waals surface area contributed by atoms with Gasteiger partial charge in [0.25, 0.3) is 0 Å². The maximum absolute atomic E-state index is 2.46. The van der Waals surface area contributed by atoms with Crippen LogP contribution in [0.25, 0.3) is 53.6 Å². The van der Waals surface area contributed by atoms with Crippen molar-refractivity contribution in [2.75, 3.05) is 0 Å². The summed E-state index contributed by atoms with van der Waals surface area (Å²) in [5.74, 6) is 0. The summed E-state index contributed by atoms with van der Waals surface area (Å²) in [5, 5.41) is 3.93. The summed E-state index contributed by atoms with van der Waals surface area (Å²) in [7, 11) is 0. The van der Waals surface area contributed by atoms with E-state index in [2.05, 4.69) is 118 Å². The molecule has 0 aliphatic rings.